The third-order valence-electron chi connectivity index (χ3n) is 13.6. The van der Waals surface area contributed by atoms with Gasteiger partial charge in [-0.1, -0.05) is 135 Å². The van der Waals surface area contributed by atoms with E-state index in [0.717, 1.165) is 22.7 Å². The van der Waals surface area contributed by atoms with Gasteiger partial charge in [-0.2, -0.15) is 0 Å². The standard InChI is InChI=1S/C57H40BN3S/c1-57(2)46-22-11-9-20-42(46)45-34-39(29-32-47(45)57)60-50-24-13-12-23-48(50)58-49-33-30-40(59(37-16-5-3-6-17-37)38-18-7-4-8-19-38)35-53(49)61(52-26-15-25-51(60)56(52)58)41-28-31-44-43-21-10-14-27-54(43)62-55(44)36-41/h3-36H,1-2H3. The maximum atomic E-state index is 2.54. The number of nitrogens with zero attached hydrogens (tertiary/aromatic N) is 3. The van der Waals surface area contributed by atoms with Crippen LogP contribution in [0.5, 0.6) is 0 Å². The number of benzene rings is 9. The summed E-state index contributed by atoms with van der Waals surface area (Å²) in [6.45, 7) is 4.74. The summed E-state index contributed by atoms with van der Waals surface area (Å²) < 4.78 is 2.60. The molecule has 0 bridgehead atoms. The first-order valence-corrected chi connectivity index (χ1v) is 22.4. The highest BCUT2D eigenvalue weighted by Crippen LogP contribution is 2.52. The second-order valence-corrected chi connectivity index (χ2v) is 18.4. The number of hydrogen-bond donors (Lipinski definition) is 0. The molecular weight excluding hydrogens is 770 g/mol. The first-order chi connectivity index (χ1) is 30.5. The number of fused-ring (bicyclic) bond motifs is 10. The fourth-order valence-corrected chi connectivity index (χ4v) is 12.0. The number of hydrogen-bond acceptors (Lipinski definition) is 4. The molecule has 5 heteroatoms. The lowest BCUT2D eigenvalue weighted by molar-refractivity contribution is 0.660. The molecule has 1 aromatic heterocycles. The summed E-state index contributed by atoms with van der Waals surface area (Å²) in [5.41, 5.74) is 19.8. The zero-order chi connectivity index (χ0) is 41.1. The van der Waals surface area contributed by atoms with Gasteiger partial charge in [0.1, 0.15) is 0 Å². The molecule has 0 radical (unpaired) electrons. The van der Waals surface area contributed by atoms with Crippen molar-refractivity contribution in [3.8, 4) is 11.1 Å². The van der Waals surface area contributed by atoms with Crippen LogP contribution in [0.3, 0.4) is 0 Å². The van der Waals surface area contributed by atoms with E-state index in [0.29, 0.717) is 0 Å². The summed E-state index contributed by atoms with van der Waals surface area (Å²) in [6, 6.07) is 76.7. The van der Waals surface area contributed by atoms with Crippen molar-refractivity contribution >= 4 is 106 Å². The molecular formula is C57H40BN3S. The minimum absolute atomic E-state index is 0.0259. The van der Waals surface area contributed by atoms with Crippen molar-refractivity contribution in [2.45, 2.75) is 19.3 Å². The Bertz CT molecular complexity index is 3390. The zero-order valence-electron chi connectivity index (χ0n) is 34.5. The molecule has 10 aromatic rings. The van der Waals surface area contributed by atoms with E-state index in [1.165, 1.54) is 87.3 Å². The molecule has 0 saturated carbocycles. The summed E-state index contributed by atoms with van der Waals surface area (Å²) in [5.74, 6) is 0. The molecule has 0 amide bonds. The van der Waals surface area contributed by atoms with Crippen LogP contribution in [-0.4, -0.2) is 6.71 Å². The predicted molar refractivity (Wildman–Crippen MR) is 266 cm³/mol. The molecule has 3 heterocycles. The van der Waals surface area contributed by atoms with Gasteiger partial charge in [0.05, 0.1) is 0 Å². The Morgan fingerprint density at radius 2 is 1.02 bits per heavy atom. The molecule has 3 nitrogen and oxygen atoms in total. The lowest BCUT2D eigenvalue weighted by Crippen LogP contribution is -2.61. The third-order valence-corrected chi connectivity index (χ3v) is 14.8. The van der Waals surface area contributed by atoms with Crippen LogP contribution in [0.2, 0.25) is 0 Å². The van der Waals surface area contributed by atoms with Crippen molar-refractivity contribution in [3.63, 3.8) is 0 Å². The summed E-state index contributed by atoms with van der Waals surface area (Å²) in [5, 5.41) is 2.61. The maximum Gasteiger partial charge on any atom is 0.252 e. The molecule has 0 spiro atoms. The van der Waals surface area contributed by atoms with Gasteiger partial charge in [-0.25, -0.2) is 0 Å². The van der Waals surface area contributed by atoms with Crippen LogP contribution >= 0.6 is 11.3 Å². The highest BCUT2D eigenvalue weighted by molar-refractivity contribution is 7.25. The summed E-state index contributed by atoms with van der Waals surface area (Å²) in [6.07, 6.45) is 0. The fourth-order valence-electron chi connectivity index (χ4n) is 10.9. The Kier molecular flexibility index (Phi) is 7.62. The summed E-state index contributed by atoms with van der Waals surface area (Å²) in [7, 11) is 0. The molecule has 13 rings (SSSR count). The van der Waals surface area contributed by atoms with E-state index >= 15 is 0 Å². The van der Waals surface area contributed by atoms with Crippen LogP contribution in [0, 0.1) is 0 Å². The van der Waals surface area contributed by atoms with Crippen molar-refractivity contribution in [3.05, 3.63) is 217 Å². The predicted octanol–water partition coefficient (Wildman–Crippen LogP) is 13.9. The number of thiophene rings is 1. The van der Waals surface area contributed by atoms with E-state index in [-0.39, 0.29) is 12.1 Å². The van der Waals surface area contributed by atoms with Crippen LogP contribution in [0.1, 0.15) is 25.0 Å². The van der Waals surface area contributed by atoms with Gasteiger partial charge in [0.15, 0.2) is 0 Å². The fraction of sp³-hybridized carbons (Fsp3) is 0.0526. The van der Waals surface area contributed by atoms with Crippen molar-refractivity contribution in [2.75, 3.05) is 14.7 Å². The van der Waals surface area contributed by atoms with Crippen LogP contribution in [0.15, 0.2) is 206 Å². The number of anilines is 9. The molecule has 62 heavy (non-hydrogen) atoms. The summed E-state index contributed by atoms with van der Waals surface area (Å²) in [4.78, 5) is 7.45. The second-order valence-electron chi connectivity index (χ2n) is 17.3. The summed E-state index contributed by atoms with van der Waals surface area (Å²) >= 11 is 1.87. The lowest BCUT2D eigenvalue weighted by atomic mass is 9.33. The van der Waals surface area contributed by atoms with Gasteiger partial charge in [0.25, 0.3) is 6.71 Å². The smallest absolute Gasteiger partial charge is 0.252 e. The van der Waals surface area contributed by atoms with Crippen molar-refractivity contribution < 1.29 is 0 Å². The Morgan fingerprint density at radius 3 is 1.82 bits per heavy atom. The molecule has 0 saturated heterocycles. The number of para-hydroxylation sites is 3. The zero-order valence-corrected chi connectivity index (χ0v) is 35.3. The average Bonchev–Trinajstić information content (AvgIpc) is 3.80. The highest BCUT2D eigenvalue weighted by Gasteiger charge is 2.44. The highest BCUT2D eigenvalue weighted by atomic mass is 32.1. The molecule has 0 N–H and O–H groups in total. The molecule has 292 valence electrons. The first kappa shape index (κ1) is 35.4. The number of rotatable bonds is 5. The maximum absolute atomic E-state index is 2.54. The molecule has 0 atom stereocenters. The Morgan fingerprint density at radius 1 is 0.419 bits per heavy atom. The topological polar surface area (TPSA) is 9.72 Å². The van der Waals surface area contributed by atoms with Gasteiger partial charge in [0.2, 0.25) is 0 Å². The molecule has 2 aliphatic heterocycles. The largest absolute Gasteiger partial charge is 0.311 e. The molecule has 9 aromatic carbocycles. The monoisotopic (exact) mass is 809 g/mol. The SMILES string of the molecule is CC1(C)c2ccccc2-c2cc(N3c4ccccc4B4c5ccc(N(c6ccccc6)c6ccccc6)cc5N(c5ccc6c(c5)sc5ccccc56)c5cccc3c54)ccc21. The minimum Gasteiger partial charge on any atom is -0.311 e. The van der Waals surface area contributed by atoms with E-state index in [4.69, 9.17) is 0 Å². The van der Waals surface area contributed by atoms with Crippen LogP contribution in [0.4, 0.5) is 51.2 Å². The van der Waals surface area contributed by atoms with Gasteiger partial charge in [-0.15, -0.1) is 11.3 Å². The van der Waals surface area contributed by atoms with E-state index < -0.39 is 0 Å². The van der Waals surface area contributed by atoms with Crippen molar-refractivity contribution in [1.29, 1.82) is 0 Å². The van der Waals surface area contributed by atoms with Crippen LogP contribution in [0.25, 0.3) is 31.3 Å². The molecule has 3 aliphatic rings. The average molecular weight is 810 g/mol. The molecule has 1 aliphatic carbocycles. The Balaban J connectivity index is 1.06. The van der Waals surface area contributed by atoms with Crippen LogP contribution < -0.4 is 31.1 Å². The second kappa shape index (κ2) is 13.3. The van der Waals surface area contributed by atoms with Gasteiger partial charge in [0, 0.05) is 76.8 Å². The Hall–Kier alpha value is -7.34. The van der Waals surface area contributed by atoms with E-state index in [1.54, 1.807) is 0 Å². The van der Waals surface area contributed by atoms with Gasteiger partial charge < -0.3 is 14.7 Å². The Labute approximate surface area is 366 Å². The van der Waals surface area contributed by atoms with Gasteiger partial charge in [-0.05, 0) is 124 Å². The van der Waals surface area contributed by atoms with Gasteiger partial charge in [-0.3, -0.25) is 0 Å². The third kappa shape index (κ3) is 5.06. The quantitative estimate of drug-likeness (QED) is 0.160. The van der Waals surface area contributed by atoms with Gasteiger partial charge >= 0.3 is 0 Å². The normalized spacial score (nSPS) is 14.0. The lowest BCUT2D eigenvalue weighted by Gasteiger charge is -2.44. The van der Waals surface area contributed by atoms with E-state index in [1.807, 2.05) is 11.3 Å². The van der Waals surface area contributed by atoms with E-state index in [2.05, 4.69) is 235 Å². The minimum atomic E-state index is -0.0591. The van der Waals surface area contributed by atoms with Crippen molar-refractivity contribution in [2.24, 2.45) is 0 Å². The van der Waals surface area contributed by atoms with Crippen LogP contribution in [-0.2, 0) is 5.41 Å². The molecule has 0 fully saturated rings. The molecule has 0 unspecified atom stereocenters. The van der Waals surface area contributed by atoms with Crippen molar-refractivity contribution in [1.82, 2.24) is 0 Å². The van der Waals surface area contributed by atoms with E-state index in [9.17, 15) is 0 Å². The first-order valence-electron chi connectivity index (χ1n) is 21.5.